The topological polar surface area (TPSA) is 37.3 Å². The zero-order chi connectivity index (χ0) is 13.1. The summed E-state index contributed by atoms with van der Waals surface area (Å²) in [5.41, 5.74) is 0.691. The standard InChI is InChI=1S/C13H20ClN3O/c1-3-16-9-10(14)7-12(16)13(18)17(4-2)11-5-6-15-8-11/h7,9,11,15H,3-6,8H2,1-2H3. The predicted octanol–water partition coefficient (Wildman–Crippen LogP) is 1.99. The molecule has 1 saturated heterocycles. The minimum Gasteiger partial charge on any atom is -0.342 e. The second-order valence-electron chi connectivity index (χ2n) is 4.57. The Kier molecular flexibility index (Phi) is 4.30. The van der Waals surface area contributed by atoms with E-state index >= 15 is 0 Å². The molecular weight excluding hydrogens is 250 g/mol. The van der Waals surface area contributed by atoms with Gasteiger partial charge < -0.3 is 14.8 Å². The van der Waals surface area contributed by atoms with Crippen LogP contribution in [0.1, 0.15) is 30.8 Å². The molecule has 1 amide bonds. The molecule has 0 saturated carbocycles. The molecule has 100 valence electrons. The molecule has 0 radical (unpaired) electrons. The highest BCUT2D eigenvalue weighted by Gasteiger charge is 2.27. The number of nitrogens with zero attached hydrogens (tertiary/aromatic N) is 2. The maximum Gasteiger partial charge on any atom is 0.270 e. The lowest BCUT2D eigenvalue weighted by atomic mass is 10.2. The summed E-state index contributed by atoms with van der Waals surface area (Å²) in [5.74, 6) is 0.0833. The van der Waals surface area contributed by atoms with Gasteiger partial charge >= 0.3 is 0 Å². The highest BCUT2D eigenvalue weighted by Crippen LogP contribution is 2.18. The molecule has 5 heteroatoms. The smallest absolute Gasteiger partial charge is 0.270 e. The number of nitrogens with one attached hydrogen (secondary N) is 1. The van der Waals surface area contributed by atoms with E-state index in [0.717, 1.165) is 32.6 Å². The monoisotopic (exact) mass is 269 g/mol. The number of carbonyl (C=O) groups is 1. The van der Waals surface area contributed by atoms with Crippen molar-refractivity contribution < 1.29 is 4.79 Å². The van der Waals surface area contributed by atoms with Gasteiger partial charge in [0.15, 0.2) is 0 Å². The van der Waals surface area contributed by atoms with Crippen molar-refractivity contribution >= 4 is 17.5 Å². The number of rotatable bonds is 4. The summed E-state index contributed by atoms with van der Waals surface area (Å²) >= 11 is 5.99. The van der Waals surface area contributed by atoms with Crippen molar-refractivity contribution in [3.63, 3.8) is 0 Å². The molecule has 1 aromatic heterocycles. The van der Waals surface area contributed by atoms with Gasteiger partial charge in [-0.1, -0.05) is 11.6 Å². The number of aryl methyl sites for hydroxylation is 1. The molecule has 2 rings (SSSR count). The fourth-order valence-corrected chi connectivity index (χ4v) is 2.76. The van der Waals surface area contributed by atoms with E-state index in [1.807, 2.05) is 29.5 Å². The Balaban J connectivity index is 2.22. The summed E-state index contributed by atoms with van der Waals surface area (Å²) in [6.45, 7) is 7.41. The molecule has 0 spiro atoms. The first kappa shape index (κ1) is 13.4. The summed E-state index contributed by atoms with van der Waals surface area (Å²) in [6.07, 6.45) is 2.84. The lowest BCUT2D eigenvalue weighted by Crippen LogP contribution is -2.42. The lowest BCUT2D eigenvalue weighted by Gasteiger charge is -2.27. The molecule has 1 aliphatic rings. The molecule has 1 aliphatic heterocycles. The van der Waals surface area contributed by atoms with E-state index in [1.54, 1.807) is 6.07 Å². The molecule has 4 nitrogen and oxygen atoms in total. The largest absolute Gasteiger partial charge is 0.342 e. The Morgan fingerprint density at radius 1 is 1.61 bits per heavy atom. The van der Waals surface area contributed by atoms with Crippen molar-refractivity contribution in [3.8, 4) is 0 Å². The van der Waals surface area contributed by atoms with Crippen molar-refractivity contribution in [3.05, 3.63) is 23.0 Å². The Morgan fingerprint density at radius 2 is 2.39 bits per heavy atom. The second-order valence-corrected chi connectivity index (χ2v) is 5.00. The van der Waals surface area contributed by atoms with Crippen LogP contribution in [0.2, 0.25) is 5.02 Å². The molecule has 1 atom stereocenters. The van der Waals surface area contributed by atoms with Crippen LogP contribution in [0.3, 0.4) is 0 Å². The number of carbonyl (C=O) groups excluding carboxylic acids is 1. The third-order valence-electron chi connectivity index (χ3n) is 3.50. The Labute approximate surface area is 113 Å². The number of aromatic nitrogens is 1. The van der Waals surface area contributed by atoms with Crippen LogP contribution >= 0.6 is 11.6 Å². The second kappa shape index (κ2) is 5.76. The van der Waals surface area contributed by atoms with E-state index < -0.39 is 0 Å². The van der Waals surface area contributed by atoms with Crippen LogP contribution in [-0.4, -0.2) is 41.1 Å². The number of halogens is 1. The minimum atomic E-state index is 0.0833. The van der Waals surface area contributed by atoms with Gasteiger partial charge in [0.1, 0.15) is 5.69 Å². The maximum absolute atomic E-state index is 12.6. The Bertz CT molecular complexity index is 424. The summed E-state index contributed by atoms with van der Waals surface area (Å²) < 4.78 is 1.91. The number of hydrogen-bond acceptors (Lipinski definition) is 2. The van der Waals surface area contributed by atoms with E-state index in [0.29, 0.717) is 16.8 Å². The van der Waals surface area contributed by atoms with Crippen LogP contribution in [0.4, 0.5) is 0 Å². The SMILES string of the molecule is CCN(C(=O)c1cc(Cl)cn1CC)C1CCNC1. The zero-order valence-electron chi connectivity index (χ0n) is 10.9. The van der Waals surface area contributed by atoms with Gasteiger partial charge in [-0.05, 0) is 32.9 Å². The van der Waals surface area contributed by atoms with Gasteiger partial charge in [0, 0.05) is 31.9 Å². The molecule has 1 fully saturated rings. The van der Waals surface area contributed by atoms with Crippen LogP contribution in [0.15, 0.2) is 12.3 Å². The fourth-order valence-electron chi connectivity index (χ4n) is 2.54. The average Bonchev–Trinajstić information content (AvgIpc) is 2.99. The van der Waals surface area contributed by atoms with Crippen molar-refractivity contribution in [2.24, 2.45) is 0 Å². The van der Waals surface area contributed by atoms with Gasteiger partial charge in [-0.25, -0.2) is 0 Å². The summed E-state index contributed by atoms with van der Waals surface area (Å²) in [5, 5.41) is 3.93. The van der Waals surface area contributed by atoms with Crippen LogP contribution in [0.25, 0.3) is 0 Å². The summed E-state index contributed by atoms with van der Waals surface area (Å²) in [7, 11) is 0. The maximum atomic E-state index is 12.6. The van der Waals surface area contributed by atoms with Crippen molar-refractivity contribution in [1.29, 1.82) is 0 Å². The molecule has 0 aromatic carbocycles. The first-order chi connectivity index (χ1) is 8.67. The first-order valence-corrected chi connectivity index (χ1v) is 6.92. The molecule has 1 N–H and O–H groups in total. The molecule has 18 heavy (non-hydrogen) atoms. The molecule has 0 aliphatic carbocycles. The van der Waals surface area contributed by atoms with E-state index in [-0.39, 0.29) is 5.91 Å². The highest BCUT2D eigenvalue weighted by atomic mass is 35.5. The Hall–Kier alpha value is -1.00. The van der Waals surface area contributed by atoms with Crippen molar-refractivity contribution in [2.75, 3.05) is 19.6 Å². The third-order valence-corrected chi connectivity index (χ3v) is 3.71. The minimum absolute atomic E-state index is 0.0833. The van der Waals surface area contributed by atoms with Gasteiger partial charge in [-0.15, -0.1) is 0 Å². The van der Waals surface area contributed by atoms with Crippen molar-refractivity contribution in [2.45, 2.75) is 32.9 Å². The van der Waals surface area contributed by atoms with Crippen LogP contribution in [0, 0.1) is 0 Å². The summed E-state index contributed by atoms with van der Waals surface area (Å²) in [6, 6.07) is 2.07. The summed E-state index contributed by atoms with van der Waals surface area (Å²) in [4.78, 5) is 14.5. The van der Waals surface area contributed by atoms with Gasteiger partial charge in [-0.3, -0.25) is 4.79 Å². The number of hydrogen-bond donors (Lipinski definition) is 1. The van der Waals surface area contributed by atoms with Crippen LogP contribution in [0.5, 0.6) is 0 Å². The lowest BCUT2D eigenvalue weighted by molar-refractivity contribution is 0.0693. The average molecular weight is 270 g/mol. The van der Waals surface area contributed by atoms with Gasteiger partial charge in [0.05, 0.1) is 5.02 Å². The first-order valence-electron chi connectivity index (χ1n) is 6.54. The molecule has 1 unspecified atom stereocenters. The van der Waals surface area contributed by atoms with Crippen LogP contribution in [-0.2, 0) is 6.54 Å². The normalized spacial score (nSPS) is 19.2. The molecule has 1 aromatic rings. The van der Waals surface area contributed by atoms with Gasteiger partial charge in [0.2, 0.25) is 0 Å². The van der Waals surface area contributed by atoms with Gasteiger partial charge in [-0.2, -0.15) is 0 Å². The Morgan fingerprint density at radius 3 is 2.94 bits per heavy atom. The highest BCUT2D eigenvalue weighted by molar-refractivity contribution is 6.31. The molecule has 2 heterocycles. The van der Waals surface area contributed by atoms with E-state index in [1.165, 1.54) is 0 Å². The quantitative estimate of drug-likeness (QED) is 0.908. The predicted molar refractivity (Wildman–Crippen MR) is 73.1 cm³/mol. The molecule has 0 bridgehead atoms. The van der Waals surface area contributed by atoms with Crippen LogP contribution < -0.4 is 5.32 Å². The van der Waals surface area contributed by atoms with Gasteiger partial charge in [0.25, 0.3) is 5.91 Å². The van der Waals surface area contributed by atoms with E-state index in [9.17, 15) is 4.79 Å². The fraction of sp³-hybridized carbons (Fsp3) is 0.615. The molecular formula is C13H20ClN3O. The van der Waals surface area contributed by atoms with E-state index in [4.69, 9.17) is 11.6 Å². The van der Waals surface area contributed by atoms with Crippen molar-refractivity contribution in [1.82, 2.24) is 14.8 Å². The third kappa shape index (κ3) is 2.54. The number of amides is 1. The number of likely N-dealkylation sites (N-methyl/N-ethyl adjacent to an activating group) is 1. The van der Waals surface area contributed by atoms with E-state index in [2.05, 4.69) is 5.32 Å². The zero-order valence-corrected chi connectivity index (χ0v) is 11.7.